The minimum absolute atomic E-state index is 0.237. The Morgan fingerprint density at radius 1 is 1.04 bits per heavy atom. The van der Waals surface area contributed by atoms with Crippen molar-refractivity contribution in [2.45, 2.75) is 26.8 Å². The number of anilines is 3. The fourth-order valence-electron chi connectivity index (χ4n) is 2.78. The van der Waals surface area contributed by atoms with E-state index in [9.17, 15) is 0 Å². The van der Waals surface area contributed by atoms with Crippen molar-refractivity contribution < 1.29 is 0 Å². The fraction of sp³-hybridized carbons (Fsp3) is 0.211. The van der Waals surface area contributed by atoms with Crippen LogP contribution < -0.4 is 4.90 Å². The predicted octanol–water partition coefficient (Wildman–Crippen LogP) is 7.31. The zero-order chi connectivity index (χ0) is 18.1. The van der Waals surface area contributed by atoms with Gasteiger partial charge in [0, 0.05) is 21.8 Å². The van der Waals surface area contributed by atoms with E-state index < -0.39 is 0 Å². The predicted molar refractivity (Wildman–Crippen MR) is 110 cm³/mol. The van der Waals surface area contributed by atoms with Gasteiger partial charge in [-0.1, -0.05) is 29.3 Å². The maximum Gasteiger partial charge on any atom is 0.178 e. The number of aryl methyl sites for hydroxylation is 1. The van der Waals surface area contributed by atoms with Crippen LogP contribution in [0.3, 0.4) is 0 Å². The average molecular weight is 439 g/mol. The van der Waals surface area contributed by atoms with Crippen molar-refractivity contribution in [3.63, 3.8) is 0 Å². The Labute approximate surface area is 166 Å². The first-order valence-corrected chi connectivity index (χ1v) is 9.48. The van der Waals surface area contributed by atoms with Gasteiger partial charge in [0.15, 0.2) is 4.73 Å². The number of benzene rings is 2. The van der Waals surface area contributed by atoms with Gasteiger partial charge in [0.1, 0.15) is 5.82 Å². The molecule has 0 fully saturated rings. The topological polar surface area (TPSA) is 21.1 Å². The van der Waals surface area contributed by atoms with Crippen molar-refractivity contribution in [1.29, 1.82) is 0 Å². The largest absolute Gasteiger partial charge is 0.302 e. The fourth-order valence-corrected chi connectivity index (χ4v) is 3.77. The van der Waals surface area contributed by atoms with Crippen LogP contribution in [0.25, 0.3) is 0 Å². The third kappa shape index (κ3) is 3.71. The molecule has 1 aromatic heterocycles. The van der Waals surface area contributed by atoms with Crippen molar-refractivity contribution in [3.05, 3.63) is 69.0 Å². The Hall–Kier alpha value is -1.49. The van der Waals surface area contributed by atoms with Crippen LogP contribution in [0.2, 0.25) is 10.0 Å². The van der Waals surface area contributed by atoms with Crippen LogP contribution >= 0.6 is 39.1 Å². The Balaban J connectivity index is 2.26. The molecule has 0 amide bonds. The van der Waals surface area contributed by atoms with Gasteiger partial charge >= 0.3 is 0 Å². The molecule has 3 aromatic rings. The standard InChI is InChI=1S/C19H18BrCl2N3/c1-12(2)24-18(11-23-19(24)20)25(16-8-6-14(21)7-9-16)17-10-15(22)5-4-13(17)3/h4-12H,1-3H3. The van der Waals surface area contributed by atoms with Gasteiger partial charge < -0.3 is 4.57 Å². The molecule has 6 heteroatoms. The molecule has 0 saturated carbocycles. The second kappa shape index (κ2) is 7.40. The summed E-state index contributed by atoms with van der Waals surface area (Å²) in [6, 6.07) is 13.9. The van der Waals surface area contributed by atoms with Gasteiger partial charge in [-0.05, 0) is 78.7 Å². The van der Waals surface area contributed by atoms with E-state index in [2.05, 4.69) is 51.2 Å². The molecule has 2 aromatic carbocycles. The van der Waals surface area contributed by atoms with E-state index in [1.54, 1.807) is 0 Å². The van der Waals surface area contributed by atoms with Crippen LogP contribution in [0.15, 0.2) is 53.4 Å². The number of halogens is 3. The van der Waals surface area contributed by atoms with Crippen LogP contribution in [0.1, 0.15) is 25.5 Å². The highest BCUT2D eigenvalue weighted by Gasteiger charge is 2.21. The van der Waals surface area contributed by atoms with Gasteiger partial charge in [-0.25, -0.2) is 4.98 Å². The van der Waals surface area contributed by atoms with Gasteiger partial charge in [0.05, 0.1) is 11.9 Å². The number of hydrogen-bond donors (Lipinski definition) is 0. The SMILES string of the molecule is Cc1ccc(Cl)cc1N(c1ccc(Cl)cc1)c1cnc(Br)n1C(C)C. The molecule has 0 spiro atoms. The second-order valence-corrected chi connectivity index (χ2v) is 7.67. The van der Waals surface area contributed by atoms with Crippen LogP contribution in [0, 0.1) is 6.92 Å². The summed E-state index contributed by atoms with van der Waals surface area (Å²) in [5.74, 6) is 0.953. The Kier molecular flexibility index (Phi) is 5.42. The van der Waals surface area contributed by atoms with E-state index >= 15 is 0 Å². The normalized spacial score (nSPS) is 11.2. The molecular weight excluding hydrogens is 421 g/mol. The number of aromatic nitrogens is 2. The molecule has 0 aliphatic carbocycles. The molecule has 130 valence electrons. The molecule has 0 aliphatic heterocycles. The lowest BCUT2D eigenvalue weighted by atomic mass is 10.1. The number of rotatable bonds is 4. The first-order chi connectivity index (χ1) is 11.9. The Bertz CT molecular complexity index is 888. The molecular formula is C19H18BrCl2N3. The van der Waals surface area contributed by atoms with E-state index in [1.807, 2.05) is 48.7 Å². The number of nitrogens with zero attached hydrogens (tertiary/aromatic N) is 3. The summed E-state index contributed by atoms with van der Waals surface area (Å²) >= 11 is 15.9. The Morgan fingerprint density at radius 3 is 2.32 bits per heavy atom. The molecule has 0 N–H and O–H groups in total. The lowest BCUT2D eigenvalue weighted by Gasteiger charge is -2.29. The molecule has 0 atom stereocenters. The summed E-state index contributed by atoms with van der Waals surface area (Å²) in [7, 11) is 0. The van der Waals surface area contributed by atoms with Gasteiger partial charge in [-0.2, -0.15) is 0 Å². The molecule has 3 nitrogen and oxygen atoms in total. The van der Waals surface area contributed by atoms with Crippen LogP contribution in [0.5, 0.6) is 0 Å². The Morgan fingerprint density at radius 2 is 1.68 bits per heavy atom. The zero-order valence-corrected chi connectivity index (χ0v) is 17.3. The molecule has 0 bridgehead atoms. The maximum absolute atomic E-state index is 6.29. The van der Waals surface area contributed by atoms with E-state index in [0.29, 0.717) is 10.0 Å². The minimum atomic E-state index is 0.237. The number of imidazole rings is 1. The third-order valence-corrected chi connectivity index (χ3v) is 5.05. The smallest absolute Gasteiger partial charge is 0.178 e. The highest BCUT2D eigenvalue weighted by atomic mass is 79.9. The van der Waals surface area contributed by atoms with E-state index in [-0.39, 0.29) is 6.04 Å². The highest BCUT2D eigenvalue weighted by molar-refractivity contribution is 9.10. The third-order valence-electron chi connectivity index (χ3n) is 3.97. The summed E-state index contributed by atoms with van der Waals surface area (Å²) < 4.78 is 2.92. The monoisotopic (exact) mass is 437 g/mol. The lowest BCUT2D eigenvalue weighted by Crippen LogP contribution is -2.17. The maximum atomic E-state index is 6.29. The highest BCUT2D eigenvalue weighted by Crippen LogP contribution is 2.40. The van der Waals surface area contributed by atoms with Crippen molar-refractivity contribution in [3.8, 4) is 0 Å². The van der Waals surface area contributed by atoms with Crippen molar-refractivity contribution in [2.75, 3.05) is 4.90 Å². The zero-order valence-electron chi connectivity index (χ0n) is 14.2. The molecule has 25 heavy (non-hydrogen) atoms. The molecule has 3 rings (SSSR count). The lowest BCUT2D eigenvalue weighted by molar-refractivity contribution is 0.589. The van der Waals surface area contributed by atoms with Crippen molar-refractivity contribution in [1.82, 2.24) is 9.55 Å². The molecule has 1 heterocycles. The van der Waals surface area contributed by atoms with Gasteiger partial charge in [0.2, 0.25) is 0 Å². The molecule has 0 unspecified atom stereocenters. The summed E-state index contributed by atoms with van der Waals surface area (Å²) in [6.07, 6.45) is 1.86. The summed E-state index contributed by atoms with van der Waals surface area (Å²) in [5.41, 5.74) is 3.11. The van der Waals surface area contributed by atoms with Gasteiger partial charge in [-0.3, -0.25) is 4.90 Å². The quantitative estimate of drug-likeness (QED) is 0.425. The van der Waals surface area contributed by atoms with Gasteiger partial charge in [0.25, 0.3) is 0 Å². The van der Waals surface area contributed by atoms with Crippen LogP contribution in [-0.2, 0) is 0 Å². The molecule has 0 radical (unpaired) electrons. The van der Waals surface area contributed by atoms with E-state index in [4.69, 9.17) is 23.2 Å². The molecule has 0 aliphatic rings. The summed E-state index contributed by atoms with van der Waals surface area (Å²) in [4.78, 5) is 6.61. The van der Waals surface area contributed by atoms with Crippen LogP contribution in [-0.4, -0.2) is 9.55 Å². The van der Waals surface area contributed by atoms with Crippen molar-refractivity contribution in [2.24, 2.45) is 0 Å². The molecule has 0 saturated heterocycles. The van der Waals surface area contributed by atoms with Gasteiger partial charge in [-0.15, -0.1) is 0 Å². The average Bonchev–Trinajstić information content (AvgIpc) is 2.94. The van der Waals surface area contributed by atoms with E-state index in [0.717, 1.165) is 27.5 Å². The first kappa shape index (κ1) is 18.3. The first-order valence-electron chi connectivity index (χ1n) is 7.93. The summed E-state index contributed by atoms with van der Waals surface area (Å²) in [6.45, 7) is 6.32. The second-order valence-electron chi connectivity index (χ2n) is 6.09. The van der Waals surface area contributed by atoms with Crippen LogP contribution in [0.4, 0.5) is 17.2 Å². The number of hydrogen-bond acceptors (Lipinski definition) is 2. The van der Waals surface area contributed by atoms with Crippen molar-refractivity contribution >= 4 is 56.3 Å². The van der Waals surface area contributed by atoms with E-state index in [1.165, 1.54) is 0 Å². The minimum Gasteiger partial charge on any atom is -0.302 e. The summed E-state index contributed by atoms with van der Waals surface area (Å²) in [5, 5.41) is 1.39.